The third-order valence-electron chi connectivity index (χ3n) is 4.86. The first-order chi connectivity index (χ1) is 15.0. The van der Waals surface area contributed by atoms with Gasteiger partial charge in [-0.3, -0.25) is 9.59 Å². The van der Waals surface area contributed by atoms with Crippen LogP contribution in [-0.4, -0.2) is 35.1 Å². The van der Waals surface area contributed by atoms with Crippen LogP contribution in [0.4, 0.5) is 0 Å². The van der Waals surface area contributed by atoms with Gasteiger partial charge in [-0.1, -0.05) is 73.4 Å². The summed E-state index contributed by atoms with van der Waals surface area (Å²) in [5.74, 6) is 1.36. The SMILES string of the molecule is CCCNC(=O)[C@@H](CC)N(Cc1ccc(Cl)cc1Cl)C(=O)CCSCc1ccccc1. The molecule has 0 fully saturated rings. The van der Waals surface area contributed by atoms with Gasteiger partial charge in [0.05, 0.1) is 0 Å². The highest BCUT2D eigenvalue weighted by atomic mass is 35.5. The Hall–Kier alpha value is -1.69. The monoisotopic (exact) mass is 480 g/mol. The van der Waals surface area contributed by atoms with Gasteiger partial charge in [0, 0.05) is 41.1 Å². The van der Waals surface area contributed by atoms with Crippen LogP contribution in [0.5, 0.6) is 0 Å². The Bertz CT molecular complexity index is 849. The molecule has 2 amide bonds. The number of carbonyl (C=O) groups is 2. The molecule has 0 spiro atoms. The third-order valence-corrected chi connectivity index (χ3v) is 6.48. The Morgan fingerprint density at radius 3 is 2.48 bits per heavy atom. The maximum absolute atomic E-state index is 13.2. The van der Waals surface area contributed by atoms with Gasteiger partial charge in [-0.25, -0.2) is 0 Å². The second-order valence-electron chi connectivity index (χ2n) is 7.26. The predicted octanol–water partition coefficient (Wildman–Crippen LogP) is 5.95. The summed E-state index contributed by atoms with van der Waals surface area (Å²) in [4.78, 5) is 27.6. The molecule has 0 aliphatic heterocycles. The van der Waals surface area contributed by atoms with Gasteiger partial charge >= 0.3 is 0 Å². The Morgan fingerprint density at radius 1 is 1.10 bits per heavy atom. The van der Waals surface area contributed by atoms with Crippen LogP contribution in [0.1, 0.15) is 44.2 Å². The van der Waals surface area contributed by atoms with Crippen LogP contribution in [0, 0.1) is 0 Å². The summed E-state index contributed by atoms with van der Waals surface area (Å²) in [6, 6.07) is 14.9. The molecule has 0 aliphatic rings. The fourth-order valence-electron chi connectivity index (χ4n) is 3.19. The van der Waals surface area contributed by atoms with Gasteiger partial charge in [0.25, 0.3) is 0 Å². The number of amides is 2. The summed E-state index contributed by atoms with van der Waals surface area (Å²) in [5.41, 5.74) is 2.01. The lowest BCUT2D eigenvalue weighted by Gasteiger charge is -2.31. The maximum atomic E-state index is 13.2. The highest BCUT2D eigenvalue weighted by molar-refractivity contribution is 7.98. The van der Waals surface area contributed by atoms with Gasteiger partial charge in [-0.15, -0.1) is 0 Å². The normalized spacial score (nSPS) is 11.7. The summed E-state index contributed by atoms with van der Waals surface area (Å²) in [6.45, 7) is 4.79. The first kappa shape index (κ1) is 25.6. The van der Waals surface area contributed by atoms with Crippen LogP contribution in [0.3, 0.4) is 0 Å². The summed E-state index contributed by atoms with van der Waals surface area (Å²) >= 11 is 14.1. The van der Waals surface area contributed by atoms with E-state index in [1.54, 1.807) is 28.8 Å². The Kier molecular flexibility index (Phi) is 11.3. The number of carbonyl (C=O) groups excluding carboxylic acids is 2. The minimum Gasteiger partial charge on any atom is -0.354 e. The molecule has 0 aliphatic carbocycles. The number of rotatable bonds is 12. The van der Waals surface area contributed by atoms with Gasteiger partial charge in [-0.2, -0.15) is 11.8 Å². The minimum absolute atomic E-state index is 0.0509. The van der Waals surface area contributed by atoms with Gasteiger partial charge in [0.15, 0.2) is 0 Å². The van der Waals surface area contributed by atoms with Crippen LogP contribution in [0.2, 0.25) is 10.0 Å². The Balaban J connectivity index is 2.08. The molecule has 2 aromatic carbocycles. The zero-order valence-corrected chi connectivity index (χ0v) is 20.4. The van der Waals surface area contributed by atoms with Crippen molar-refractivity contribution in [2.45, 2.75) is 51.4 Å². The van der Waals surface area contributed by atoms with E-state index in [4.69, 9.17) is 23.2 Å². The predicted molar refractivity (Wildman–Crippen MR) is 132 cm³/mol. The molecule has 2 rings (SSSR count). The van der Waals surface area contributed by atoms with Crippen molar-refractivity contribution >= 4 is 46.8 Å². The van der Waals surface area contributed by atoms with E-state index in [0.29, 0.717) is 35.2 Å². The number of halogens is 2. The number of thioether (sulfide) groups is 1. The quantitative estimate of drug-likeness (QED) is 0.381. The van der Waals surface area contributed by atoms with E-state index < -0.39 is 6.04 Å². The lowest BCUT2D eigenvalue weighted by molar-refractivity contribution is -0.141. The van der Waals surface area contributed by atoms with E-state index in [-0.39, 0.29) is 18.4 Å². The van der Waals surface area contributed by atoms with Crippen LogP contribution < -0.4 is 5.32 Å². The molecule has 4 nitrogen and oxygen atoms in total. The highest BCUT2D eigenvalue weighted by Crippen LogP contribution is 2.24. The van der Waals surface area contributed by atoms with Crippen molar-refractivity contribution in [3.8, 4) is 0 Å². The Labute approximate surface area is 199 Å². The maximum Gasteiger partial charge on any atom is 0.242 e. The first-order valence-corrected chi connectivity index (χ1v) is 12.5. The van der Waals surface area contributed by atoms with Crippen molar-refractivity contribution in [3.05, 3.63) is 69.7 Å². The standard InChI is InChI=1S/C24H30Cl2N2O2S/c1-3-13-27-24(30)22(4-2)28(16-19-10-11-20(25)15-21(19)26)23(29)12-14-31-17-18-8-6-5-7-9-18/h5-11,15,22H,3-4,12-14,16-17H2,1-2H3,(H,27,30)/t22-/m1/s1. The molecule has 168 valence electrons. The second-order valence-corrected chi connectivity index (χ2v) is 9.21. The van der Waals surface area contributed by atoms with Gasteiger partial charge in [-0.05, 0) is 36.1 Å². The number of hydrogen-bond donors (Lipinski definition) is 1. The fourth-order valence-corrected chi connectivity index (χ4v) is 4.55. The van der Waals surface area contributed by atoms with Gasteiger partial charge in [0.2, 0.25) is 11.8 Å². The van der Waals surface area contributed by atoms with Crippen molar-refractivity contribution in [2.24, 2.45) is 0 Å². The van der Waals surface area contributed by atoms with Crippen LogP contribution >= 0.6 is 35.0 Å². The smallest absolute Gasteiger partial charge is 0.242 e. The van der Waals surface area contributed by atoms with E-state index >= 15 is 0 Å². The molecule has 0 aromatic heterocycles. The Morgan fingerprint density at radius 2 is 1.84 bits per heavy atom. The minimum atomic E-state index is -0.537. The summed E-state index contributed by atoms with van der Waals surface area (Å²) in [7, 11) is 0. The van der Waals surface area contributed by atoms with E-state index in [1.807, 2.05) is 38.1 Å². The molecular weight excluding hydrogens is 451 g/mol. The lowest BCUT2D eigenvalue weighted by atomic mass is 10.1. The van der Waals surface area contributed by atoms with E-state index in [2.05, 4.69) is 17.4 Å². The molecule has 0 heterocycles. The second kappa shape index (κ2) is 13.7. The third kappa shape index (κ3) is 8.40. The molecule has 0 saturated carbocycles. The molecule has 0 saturated heterocycles. The molecule has 0 unspecified atom stereocenters. The van der Waals surface area contributed by atoms with E-state index in [1.165, 1.54) is 5.56 Å². The largest absolute Gasteiger partial charge is 0.354 e. The summed E-state index contributed by atoms with van der Waals surface area (Å²) in [5, 5.41) is 3.96. The number of nitrogens with zero attached hydrogens (tertiary/aromatic N) is 1. The molecule has 1 N–H and O–H groups in total. The molecule has 2 aromatic rings. The van der Waals surface area contributed by atoms with Crippen molar-refractivity contribution in [2.75, 3.05) is 12.3 Å². The number of nitrogens with one attached hydrogen (secondary N) is 1. The molecular formula is C24H30Cl2N2O2S. The van der Waals surface area contributed by atoms with Crippen LogP contribution in [0.15, 0.2) is 48.5 Å². The lowest BCUT2D eigenvalue weighted by Crippen LogP contribution is -2.49. The van der Waals surface area contributed by atoms with Crippen molar-refractivity contribution < 1.29 is 9.59 Å². The molecule has 0 bridgehead atoms. The van der Waals surface area contributed by atoms with E-state index in [9.17, 15) is 9.59 Å². The average Bonchev–Trinajstić information content (AvgIpc) is 2.77. The fraction of sp³-hybridized carbons (Fsp3) is 0.417. The first-order valence-electron chi connectivity index (χ1n) is 10.6. The number of hydrogen-bond acceptors (Lipinski definition) is 3. The van der Waals surface area contributed by atoms with Crippen molar-refractivity contribution in [3.63, 3.8) is 0 Å². The van der Waals surface area contributed by atoms with Gasteiger partial charge < -0.3 is 10.2 Å². The highest BCUT2D eigenvalue weighted by Gasteiger charge is 2.28. The molecule has 31 heavy (non-hydrogen) atoms. The molecule has 1 atom stereocenters. The number of benzene rings is 2. The van der Waals surface area contributed by atoms with Crippen LogP contribution in [-0.2, 0) is 21.9 Å². The summed E-state index contributed by atoms with van der Waals surface area (Å²) in [6.07, 6.45) is 1.74. The zero-order valence-electron chi connectivity index (χ0n) is 18.1. The molecule has 0 radical (unpaired) electrons. The summed E-state index contributed by atoms with van der Waals surface area (Å²) < 4.78 is 0. The van der Waals surface area contributed by atoms with E-state index in [0.717, 1.165) is 17.7 Å². The topological polar surface area (TPSA) is 49.4 Å². The van der Waals surface area contributed by atoms with Crippen LogP contribution in [0.25, 0.3) is 0 Å². The van der Waals surface area contributed by atoms with Gasteiger partial charge in [0.1, 0.15) is 6.04 Å². The van der Waals surface area contributed by atoms with Crippen molar-refractivity contribution in [1.82, 2.24) is 10.2 Å². The average molecular weight is 481 g/mol. The van der Waals surface area contributed by atoms with Crippen molar-refractivity contribution in [1.29, 1.82) is 0 Å². The zero-order chi connectivity index (χ0) is 22.6. The molecule has 7 heteroatoms.